The molecule has 1 heterocycles. The highest BCUT2D eigenvalue weighted by atomic mass is 19.1. The summed E-state index contributed by atoms with van der Waals surface area (Å²) in [7, 11) is 3.21. The molecule has 1 amide bonds. The first-order valence-electron chi connectivity index (χ1n) is 7.48. The lowest BCUT2D eigenvalue weighted by Gasteiger charge is -2.23. The molecule has 2 aromatic rings. The number of aromatic amines is 1. The van der Waals surface area contributed by atoms with Crippen LogP contribution < -0.4 is 0 Å². The van der Waals surface area contributed by atoms with E-state index in [2.05, 4.69) is 4.98 Å². The smallest absolute Gasteiger partial charge is 0.253 e. The van der Waals surface area contributed by atoms with Gasteiger partial charge in [0, 0.05) is 48.2 Å². The van der Waals surface area contributed by atoms with Crippen LogP contribution in [0.1, 0.15) is 34.1 Å². The monoisotopic (exact) mass is 316 g/mol. The number of benzene rings is 1. The number of fused-ring (bicyclic) bond motifs is 1. The SMILES string of the molecule is CC1Cc2[nH]ccc2C(F)=C1c1ccc(C(=O)N(C)C)cc1F. The minimum atomic E-state index is -0.575. The maximum Gasteiger partial charge on any atom is 0.253 e. The molecule has 23 heavy (non-hydrogen) atoms. The van der Waals surface area contributed by atoms with Gasteiger partial charge in [0.25, 0.3) is 5.91 Å². The summed E-state index contributed by atoms with van der Waals surface area (Å²) in [6.07, 6.45) is 2.32. The Kier molecular flexibility index (Phi) is 3.80. The molecule has 0 bridgehead atoms. The van der Waals surface area contributed by atoms with E-state index in [-0.39, 0.29) is 23.0 Å². The number of hydrogen-bond acceptors (Lipinski definition) is 1. The van der Waals surface area contributed by atoms with Crippen LogP contribution in [0.15, 0.2) is 30.5 Å². The van der Waals surface area contributed by atoms with Crippen LogP contribution in [-0.4, -0.2) is 29.9 Å². The molecule has 1 aromatic heterocycles. The van der Waals surface area contributed by atoms with E-state index in [0.717, 1.165) is 5.69 Å². The zero-order chi connectivity index (χ0) is 16.7. The number of H-pyrrole nitrogens is 1. The molecule has 3 nitrogen and oxygen atoms in total. The fourth-order valence-corrected chi connectivity index (χ4v) is 3.06. The number of allylic oxidation sites excluding steroid dienone is 1. The van der Waals surface area contributed by atoms with Gasteiger partial charge in [-0.15, -0.1) is 0 Å². The molecule has 5 heteroatoms. The number of nitrogens with one attached hydrogen (secondary N) is 1. The second kappa shape index (κ2) is 5.65. The molecular formula is C18H18F2N2O. The minimum Gasteiger partial charge on any atom is -0.364 e. The van der Waals surface area contributed by atoms with E-state index in [0.29, 0.717) is 17.6 Å². The molecule has 0 aliphatic heterocycles. The lowest BCUT2D eigenvalue weighted by Crippen LogP contribution is -2.22. The third kappa shape index (κ3) is 2.56. The van der Waals surface area contributed by atoms with Crippen molar-refractivity contribution in [3.05, 3.63) is 58.7 Å². The van der Waals surface area contributed by atoms with Crippen LogP contribution in [0.5, 0.6) is 0 Å². The van der Waals surface area contributed by atoms with Crippen molar-refractivity contribution >= 4 is 17.3 Å². The maximum atomic E-state index is 14.8. The summed E-state index contributed by atoms with van der Waals surface area (Å²) in [5, 5.41) is 0. The predicted octanol–water partition coefficient (Wildman–Crippen LogP) is 3.89. The molecule has 0 spiro atoms. The number of carbonyl (C=O) groups is 1. The quantitative estimate of drug-likeness (QED) is 0.896. The molecule has 1 aromatic carbocycles. The van der Waals surface area contributed by atoms with Gasteiger partial charge in [0.05, 0.1) is 0 Å². The Morgan fingerprint density at radius 1 is 1.22 bits per heavy atom. The zero-order valence-electron chi connectivity index (χ0n) is 13.3. The molecule has 1 unspecified atom stereocenters. The van der Waals surface area contributed by atoms with Gasteiger partial charge >= 0.3 is 0 Å². The third-order valence-corrected chi connectivity index (χ3v) is 4.22. The predicted molar refractivity (Wildman–Crippen MR) is 86.0 cm³/mol. The third-order valence-electron chi connectivity index (χ3n) is 4.22. The molecule has 0 saturated carbocycles. The highest BCUT2D eigenvalue weighted by molar-refractivity contribution is 5.95. The van der Waals surface area contributed by atoms with Crippen LogP contribution in [0.2, 0.25) is 0 Å². The van der Waals surface area contributed by atoms with Crippen molar-refractivity contribution in [1.82, 2.24) is 9.88 Å². The van der Waals surface area contributed by atoms with Gasteiger partial charge < -0.3 is 9.88 Å². The highest BCUT2D eigenvalue weighted by Crippen LogP contribution is 2.41. The van der Waals surface area contributed by atoms with Gasteiger partial charge in [0.1, 0.15) is 11.6 Å². The van der Waals surface area contributed by atoms with Crippen molar-refractivity contribution in [3.63, 3.8) is 0 Å². The number of hydrogen-bond donors (Lipinski definition) is 1. The fraction of sp³-hybridized carbons (Fsp3) is 0.278. The molecule has 120 valence electrons. The van der Waals surface area contributed by atoms with Gasteiger partial charge in [-0.2, -0.15) is 0 Å². The van der Waals surface area contributed by atoms with Gasteiger partial charge in [-0.1, -0.05) is 13.0 Å². The summed E-state index contributed by atoms with van der Waals surface area (Å²) in [4.78, 5) is 16.3. The van der Waals surface area contributed by atoms with Crippen molar-refractivity contribution in [2.24, 2.45) is 5.92 Å². The Hall–Kier alpha value is -2.43. The Balaban J connectivity index is 2.09. The minimum absolute atomic E-state index is 0.147. The molecule has 3 rings (SSSR count). The largest absolute Gasteiger partial charge is 0.364 e. The first-order chi connectivity index (χ1) is 10.9. The van der Waals surface area contributed by atoms with Crippen LogP contribution in [0.25, 0.3) is 11.4 Å². The summed E-state index contributed by atoms with van der Waals surface area (Å²) in [5.74, 6) is -1.40. The number of rotatable bonds is 2. The van der Waals surface area contributed by atoms with Crippen LogP contribution in [0.3, 0.4) is 0 Å². The molecule has 1 aliphatic rings. The maximum absolute atomic E-state index is 14.8. The number of halogens is 2. The average Bonchev–Trinajstić information content (AvgIpc) is 2.96. The van der Waals surface area contributed by atoms with E-state index >= 15 is 0 Å². The van der Waals surface area contributed by atoms with Crippen molar-refractivity contribution in [2.75, 3.05) is 14.1 Å². The Bertz CT molecular complexity index is 805. The van der Waals surface area contributed by atoms with E-state index in [4.69, 9.17) is 0 Å². The summed E-state index contributed by atoms with van der Waals surface area (Å²) in [6, 6.07) is 5.88. The molecule has 0 fully saturated rings. The Labute approximate surface area is 133 Å². The summed E-state index contributed by atoms with van der Waals surface area (Å²) in [5.41, 5.74) is 2.16. The summed E-state index contributed by atoms with van der Waals surface area (Å²) < 4.78 is 29.3. The first kappa shape index (κ1) is 15.5. The molecular weight excluding hydrogens is 298 g/mol. The summed E-state index contributed by atoms with van der Waals surface area (Å²) >= 11 is 0. The lowest BCUT2D eigenvalue weighted by molar-refractivity contribution is 0.0827. The normalized spacial score (nSPS) is 17.2. The van der Waals surface area contributed by atoms with Crippen LogP contribution in [0.4, 0.5) is 8.78 Å². The Morgan fingerprint density at radius 3 is 2.61 bits per heavy atom. The number of aromatic nitrogens is 1. The van der Waals surface area contributed by atoms with E-state index in [9.17, 15) is 13.6 Å². The van der Waals surface area contributed by atoms with E-state index in [1.54, 1.807) is 32.4 Å². The van der Waals surface area contributed by atoms with Crippen molar-refractivity contribution in [3.8, 4) is 0 Å². The average molecular weight is 316 g/mol. The lowest BCUT2D eigenvalue weighted by atomic mass is 9.83. The van der Waals surface area contributed by atoms with Gasteiger partial charge in [-0.3, -0.25) is 4.79 Å². The number of carbonyl (C=O) groups excluding carboxylic acids is 1. The van der Waals surface area contributed by atoms with Gasteiger partial charge in [0.2, 0.25) is 0 Å². The molecule has 1 atom stereocenters. The van der Waals surface area contributed by atoms with Crippen molar-refractivity contribution < 1.29 is 13.6 Å². The second-order valence-corrected chi connectivity index (χ2v) is 6.10. The molecule has 0 radical (unpaired) electrons. The van der Waals surface area contributed by atoms with Gasteiger partial charge in [0.15, 0.2) is 0 Å². The second-order valence-electron chi connectivity index (χ2n) is 6.10. The van der Waals surface area contributed by atoms with Crippen LogP contribution in [0, 0.1) is 11.7 Å². The number of nitrogens with zero attached hydrogens (tertiary/aromatic N) is 1. The van der Waals surface area contributed by atoms with Crippen LogP contribution >= 0.6 is 0 Å². The van der Waals surface area contributed by atoms with E-state index < -0.39 is 11.6 Å². The summed E-state index contributed by atoms with van der Waals surface area (Å²) in [6.45, 7) is 1.87. The Morgan fingerprint density at radius 2 is 1.96 bits per heavy atom. The topological polar surface area (TPSA) is 36.1 Å². The molecule has 1 aliphatic carbocycles. The van der Waals surface area contributed by atoms with E-state index in [1.807, 2.05) is 6.92 Å². The van der Waals surface area contributed by atoms with E-state index in [1.165, 1.54) is 17.0 Å². The number of amides is 1. The van der Waals surface area contributed by atoms with Gasteiger partial charge in [-0.05, 0) is 30.5 Å². The van der Waals surface area contributed by atoms with Crippen molar-refractivity contribution in [1.29, 1.82) is 0 Å². The highest BCUT2D eigenvalue weighted by Gasteiger charge is 2.28. The first-order valence-corrected chi connectivity index (χ1v) is 7.48. The standard InChI is InChI=1S/C18H18F2N2O/c1-10-8-15-13(6-7-21-15)17(20)16(10)12-5-4-11(9-14(12)19)18(23)22(2)3/h4-7,9-10,21H,8H2,1-3H3. The zero-order valence-corrected chi connectivity index (χ0v) is 13.3. The van der Waals surface area contributed by atoms with Gasteiger partial charge in [-0.25, -0.2) is 8.78 Å². The molecule has 0 saturated heterocycles. The van der Waals surface area contributed by atoms with Crippen LogP contribution in [-0.2, 0) is 6.42 Å². The fourth-order valence-electron chi connectivity index (χ4n) is 3.06. The molecule has 1 N–H and O–H groups in total. The van der Waals surface area contributed by atoms with Crippen molar-refractivity contribution in [2.45, 2.75) is 13.3 Å².